The molecule has 20 heavy (non-hydrogen) atoms. The lowest BCUT2D eigenvalue weighted by molar-refractivity contribution is 0.251. The number of halogens is 1. The lowest BCUT2D eigenvalue weighted by Gasteiger charge is -2.07. The van der Waals surface area contributed by atoms with Crippen molar-refractivity contribution in [2.24, 2.45) is 0 Å². The molecule has 1 aromatic heterocycles. The molecule has 1 heterocycles. The zero-order chi connectivity index (χ0) is 14.4. The van der Waals surface area contributed by atoms with Crippen LogP contribution in [-0.2, 0) is 6.54 Å². The van der Waals surface area contributed by atoms with Crippen molar-refractivity contribution in [3.63, 3.8) is 0 Å². The van der Waals surface area contributed by atoms with E-state index in [9.17, 15) is 4.79 Å². The first-order valence-corrected chi connectivity index (χ1v) is 6.62. The molecule has 0 saturated carbocycles. The number of aromatic nitrogens is 2. The fourth-order valence-electron chi connectivity index (χ4n) is 1.45. The number of methoxy groups -OCH3 is 1. The van der Waals surface area contributed by atoms with Gasteiger partial charge in [0.2, 0.25) is 5.95 Å². The summed E-state index contributed by atoms with van der Waals surface area (Å²) in [6.45, 7) is 0.409. The molecule has 2 aromatic rings. The second kappa shape index (κ2) is 6.85. The zero-order valence-electron chi connectivity index (χ0n) is 10.8. The Balaban J connectivity index is 1.83. The Morgan fingerprint density at radius 1 is 1.25 bits per heavy atom. The summed E-state index contributed by atoms with van der Waals surface area (Å²) < 4.78 is 5.81. The molecule has 0 saturated heterocycles. The van der Waals surface area contributed by atoms with Crippen molar-refractivity contribution in [2.45, 2.75) is 6.54 Å². The summed E-state index contributed by atoms with van der Waals surface area (Å²) in [6, 6.07) is 7.09. The van der Waals surface area contributed by atoms with Crippen LogP contribution in [0.15, 0.2) is 41.1 Å². The van der Waals surface area contributed by atoms with E-state index >= 15 is 0 Å². The van der Waals surface area contributed by atoms with Crippen LogP contribution >= 0.6 is 15.9 Å². The van der Waals surface area contributed by atoms with Crippen LogP contribution < -0.4 is 15.4 Å². The number of hydrogen-bond acceptors (Lipinski definition) is 4. The summed E-state index contributed by atoms with van der Waals surface area (Å²) in [4.78, 5) is 19.6. The Bertz CT molecular complexity index is 572. The van der Waals surface area contributed by atoms with Crippen LogP contribution in [-0.4, -0.2) is 23.1 Å². The summed E-state index contributed by atoms with van der Waals surface area (Å²) in [6.07, 6.45) is 3.12. The van der Waals surface area contributed by atoms with Gasteiger partial charge in [-0.15, -0.1) is 0 Å². The number of ether oxygens (including phenoxy) is 1. The number of carbonyl (C=O) groups is 1. The lowest BCUT2D eigenvalue weighted by Crippen LogP contribution is -2.28. The average Bonchev–Trinajstić information content (AvgIpc) is 2.48. The summed E-state index contributed by atoms with van der Waals surface area (Å²) in [7, 11) is 1.61. The lowest BCUT2D eigenvalue weighted by atomic mass is 10.2. The zero-order valence-corrected chi connectivity index (χ0v) is 12.3. The molecular formula is C13H13BrN4O2. The van der Waals surface area contributed by atoms with E-state index in [2.05, 4.69) is 36.5 Å². The van der Waals surface area contributed by atoms with Crippen molar-refractivity contribution in [3.05, 3.63) is 46.7 Å². The first-order valence-electron chi connectivity index (χ1n) is 5.82. The van der Waals surface area contributed by atoms with E-state index in [1.54, 1.807) is 19.5 Å². The summed E-state index contributed by atoms with van der Waals surface area (Å²) >= 11 is 3.22. The van der Waals surface area contributed by atoms with E-state index in [1.807, 2.05) is 24.3 Å². The monoisotopic (exact) mass is 336 g/mol. The van der Waals surface area contributed by atoms with Gasteiger partial charge < -0.3 is 10.1 Å². The van der Waals surface area contributed by atoms with Gasteiger partial charge in [-0.25, -0.2) is 14.8 Å². The first-order chi connectivity index (χ1) is 9.67. The van der Waals surface area contributed by atoms with Crippen LogP contribution in [0.2, 0.25) is 0 Å². The molecule has 0 spiro atoms. The van der Waals surface area contributed by atoms with E-state index in [0.29, 0.717) is 6.54 Å². The van der Waals surface area contributed by atoms with Crippen molar-refractivity contribution in [1.29, 1.82) is 0 Å². The Hall–Kier alpha value is -2.15. The standard InChI is InChI=1S/C13H13BrN4O2/c1-20-11-4-2-9(3-5-11)6-17-13(19)18-12-15-7-10(14)8-16-12/h2-5,7-8H,6H2,1H3,(H2,15,16,17,18,19). The van der Waals surface area contributed by atoms with Crippen LogP contribution in [0, 0.1) is 0 Å². The highest BCUT2D eigenvalue weighted by molar-refractivity contribution is 9.10. The Labute approximate surface area is 124 Å². The van der Waals surface area contributed by atoms with Gasteiger partial charge in [-0.3, -0.25) is 5.32 Å². The van der Waals surface area contributed by atoms with E-state index in [4.69, 9.17) is 4.74 Å². The van der Waals surface area contributed by atoms with E-state index in [0.717, 1.165) is 15.8 Å². The van der Waals surface area contributed by atoms with Gasteiger partial charge in [0.1, 0.15) is 5.75 Å². The molecule has 0 radical (unpaired) electrons. The molecule has 1 aromatic carbocycles. The second-order valence-corrected chi connectivity index (χ2v) is 4.80. The third kappa shape index (κ3) is 4.20. The van der Waals surface area contributed by atoms with Crippen LogP contribution in [0.25, 0.3) is 0 Å². The third-order valence-corrected chi connectivity index (χ3v) is 2.87. The van der Waals surface area contributed by atoms with Gasteiger partial charge in [-0.2, -0.15) is 0 Å². The smallest absolute Gasteiger partial charge is 0.321 e. The second-order valence-electron chi connectivity index (χ2n) is 3.88. The SMILES string of the molecule is COc1ccc(CNC(=O)Nc2ncc(Br)cn2)cc1. The average molecular weight is 337 g/mol. The fourth-order valence-corrected chi connectivity index (χ4v) is 1.65. The number of rotatable bonds is 4. The van der Waals surface area contributed by atoms with Gasteiger partial charge in [0.25, 0.3) is 0 Å². The predicted molar refractivity (Wildman–Crippen MR) is 78.6 cm³/mol. The Morgan fingerprint density at radius 3 is 2.50 bits per heavy atom. The molecule has 0 aliphatic heterocycles. The minimum atomic E-state index is -0.358. The molecule has 104 valence electrons. The highest BCUT2D eigenvalue weighted by atomic mass is 79.9. The topological polar surface area (TPSA) is 76.1 Å². The number of anilines is 1. The van der Waals surface area contributed by atoms with Gasteiger partial charge in [0, 0.05) is 18.9 Å². The number of benzene rings is 1. The number of hydrogen-bond donors (Lipinski definition) is 2. The minimum Gasteiger partial charge on any atom is -0.497 e. The third-order valence-electron chi connectivity index (χ3n) is 2.46. The van der Waals surface area contributed by atoms with Crippen LogP contribution in [0.1, 0.15) is 5.56 Å². The maximum atomic E-state index is 11.7. The maximum absolute atomic E-state index is 11.7. The molecule has 2 N–H and O–H groups in total. The molecule has 0 aliphatic carbocycles. The summed E-state index contributed by atoms with van der Waals surface area (Å²) in [5.74, 6) is 1.03. The predicted octanol–water partition coefficient (Wildman–Crippen LogP) is 2.57. The number of nitrogens with one attached hydrogen (secondary N) is 2. The highest BCUT2D eigenvalue weighted by Gasteiger charge is 2.03. The quantitative estimate of drug-likeness (QED) is 0.899. The summed E-state index contributed by atoms with van der Waals surface area (Å²) in [5.41, 5.74) is 0.970. The van der Waals surface area contributed by atoms with Crippen LogP contribution in [0.5, 0.6) is 5.75 Å². The number of urea groups is 1. The Morgan fingerprint density at radius 2 is 1.90 bits per heavy atom. The van der Waals surface area contributed by atoms with Crippen LogP contribution in [0.3, 0.4) is 0 Å². The Kier molecular flexibility index (Phi) is 4.89. The molecule has 2 rings (SSSR count). The molecule has 0 fully saturated rings. The van der Waals surface area contributed by atoms with Crippen molar-refractivity contribution in [2.75, 3.05) is 12.4 Å². The molecule has 0 bridgehead atoms. The fraction of sp³-hybridized carbons (Fsp3) is 0.154. The van der Waals surface area contributed by atoms with Gasteiger partial charge in [0.15, 0.2) is 0 Å². The molecule has 6 nitrogen and oxygen atoms in total. The molecule has 0 atom stereocenters. The van der Waals surface area contributed by atoms with Crippen molar-refractivity contribution in [1.82, 2.24) is 15.3 Å². The van der Waals surface area contributed by atoms with Crippen molar-refractivity contribution >= 4 is 27.9 Å². The number of amides is 2. The van der Waals surface area contributed by atoms with Gasteiger partial charge in [0.05, 0.1) is 11.6 Å². The molecular weight excluding hydrogens is 324 g/mol. The van der Waals surface area contributed by atoms with Gasteiger partial charge >= 0.3 is 6.03 Å². The highest BCUT2D eigenvalue weighted by Crippen LogP contribution is 2.11. The molecule has 2 amide bonds. The number of nitrogens with zero attached hydrogens (tertiary/aromatic N) is 2. The van der Waals surface area contributed by atoms with E-state index in [1.165, 1.54) is 0 Å². The maximum Gasteiger partial charge on any atom is 0.321 e. The van der Waals surface area contributed by atoms with Crippen molar-refractivity contribution in [3.8, 4) is 5.75 Å². The van der Waals surface area contributed by atoms with Crippen LogP contribution in [0.4, 0.5) is 10.7 Å². The molecule has 0 unspecified atom stereocenters. The summed E-state index contributed by atoms with van der Waals surface area (Å²) in [5, 5.41) is 5.26. The largest absolute Gasteiger partial charge is 0.497 e. The van der Waals surface area contributed by atoms with E-state index in [-0.39, 0.29) is 12.0 Å². The minimum absolute atomic E-state index is 0.250. The van der Waals surface area contributed by atoms with Gasteiger partial charge in [-0.05, 0) is 33.6 Å². The normalized spacial score (nSPS) is 9.90. The van der Waals surface area contributed by atoms with Gasteiger partial charge in [-0.1, -0.05) is 12.1 Å². The molecule has 7 heteroatoms. The first kappa shape index (κ1) is 14.3. The number of carbonyl (C=O) groups excluding carboxylic acids is 1. The molecule has 0 aliphatic rings. The van der Waals surface area contributed by atoms with E-state index < -0.39 is 0 Å². The van der Waals surface area contributed by atoms with Crippen molar-refractivity contribution < 1.29 is 9.53 Å².